The lowest BCUT2D eigenvalue weighted by Gasteiger charge is -2.33. The van der Waals surface area contributed by atoms with Gasteiger partial charge in [-0.3, -0.25) is 4.90 Å². The van der Waals surface area contributed by atoms with Crippen molar-refractivity contribution in [2.45, 2.75) is 4.90 Å². The van der Waals surface area contributed by atoms with Crippen LogP contribution in [0.15, 0.2) is 65.6 Å². The average Bonchev–Trinajstić information content (AvgIpc) is 2.63. The number of benzene rings is 2. The number of sulfonamides is 1. The molecule has 2 aromatic carbocycles. The van der Waals surface area contributed by atoms with E-state index in [9.17, 15) is 8.42 Å². The van der Waals surface area contributed by atoms with E-state index in [4.69, 9.17) is 11.6 Å². The van der Waals surface area contributed by atoms with Crippen LogP contribution in [0.2, 0.25) is 5.02 Å². The van der Waals surface area contributed by atoms with Crippen LogP contribution in [0.25, 0.3) is 6.08 Å². The highest BCUT2D eigenvalue weighted by Gasteiger charge is 2.27. The van der Waals surface area contributed by atoms with Crippen LogP contribution in [-0.2, 0) is 10.0 Å². The van der Waals surface area contributed by atoms with Gasteiger partial charge in [-0.2, -0.15) is 4.31 Å². The lowest BCUT2D eigenvalue weighted by molar-refractivity contribution is 0.204. The Bertz CT molecular complexity index is 816. The van der Waals surface area contributed by atoms with Gasteiger partial charge in [0, 0.05) is 37.7 Å². The second kappa shape index (κ2) is 9.53. The molecule has 7 heteroatoms. The molecule has 0 amide bonds. The van der Waals surface area contributed by atoms with Gasteiger partial charge in [0.25, 0.3) is 0 Å². The summed E-state index contributed by atoms with van der Waals surface area (Å²) in [4.78, 5) is 2.56. The first-order valence-corrected chi connectivity index (χ1v) is 10.1. The van der Waals surface area contributed by atoms with Crippen LogP contribution in [0.1, 0.15) is 5.56 Å². The van der Waals surface area contributed by atoms with Crippen molar-refractivity contribution < 1.29 is 8.42 Å². The largest absolute Gasteiger partial charge is 0.297 e. The highest BCUT2D eigenvalue weighted by molar-refractivity contribution is 7.89. The van der Waals surface area contributed by atoms with Crippen LogP contribution >= 0.6 is 24.0 Å². The smallest absolute Gasteiger partial charge is 0.243 e. The molecule has 0 aromatic heterocycles. The van der Waals surface area contributed by atoms with Crippen LogP contribution in [0.5, 0.6) is 0 Å². The maximum absolute atomic E-state index is 12.7. The van der Waals surface area contributed by atoms with Crippen molar-refractivity contribution in [1.82, 2.24) is 9.21 Å². The Kier molecular flexibility index (Phi) is 7.68. The number of hydrogen-bond acceptors (Lipinski definition) is 3. The zero-order valence-electron chi connectivity index (χ0n) is 14.3. The predicted octanol–water partition coefficient (Wildman–Crippen LogP) is 3.78. The highest BCUT2D eigenvalue weighted by atomic mass is 35.5. The Hall–Kier alpha value is -1.37. The van der Waals surface area contributed by atoms with Crippen LogP contribution in [0, 0.1) is 0 Å². The molecular weight excluding hydrogens is 391 g/mol. The molecule has 1 aliphatic heterocycles. The molecule has 0 unspecified atom stereocenters. The van der Waals surface area contributed by atoms with Gasteiger partial charge in [0.05, 0.1) is 4.90 Å². The van der Waals surface area contributed by atoms with Crippen molar-refractivity contribution >= 4 is 40.1 Å². The van der Waals surface area contributed by atoms with E-state index in [2.05, 4.69) is 29.2 Å². The van der Waals surface area contributed by atoms with Gasteiger partial charge < -0.3 is 0 Å². The Morgan fingerprint density at radius 2 is 1.54 bits per heavy atom. The summed E-state index contributed by atoms with van der Waals surface area (Å²) in [5.41, 5.74) is 1.17. The fraction of sp³-hybridized carbons (Fsp3) is 0.263. The summed E-state index contributed by atoms with van der Waals surface area (Å²) in [6, 6.07) is 16.5. The van der Waals surface area contributed by atoms with Gasteiger partial charge in [-0.25, -0.2) is 8.42 Å². The van der Waals surface area contributed by atoms with E-state index < -0.39 is 10.0 Å². The number of halogens is 2. The summed E-state index contributed by atoms with van der Waals surface area (Å²) < 4.78 is 26.9. The highest BCUT2D eigenvalue weighted by Crippen LogP contribution is 2.19. The Morgan fingerprint density at radius 3 is 2.15 bits per heavy atom. The lowest BCUT2D eigenvalue weighted by Crippen LogP contribution is -2.48. The molecule has 4 nitrogen and oxygen atoms in total. The van der Waals surface area contributed by atoms with Gasteiger partial charge in [-0.1, -0.05) is 54.1 Å². The summed E-state index contributed by atoms with van der Waals surface area (Å²) in [5, 5.41) is 0.536. The normalized spacial score (nSPS) is 16.5. The molecule has 1 saturated heterocycles. The second-order valence-corrected chi connectivity index (χ2v) is 8.35. The van der Waals surface area contributed by atoms with Crippen molar-refractivity contribution in [3.05, 3.63) is 71.3 Å². The lowest BCUT2D eigenvalue weighted by atomic mass is 10.2. The van der Waals surface area contributed by atoms with Crippen LogP contribution < -0.4 is 0 Å². The van der Waals surface area contributed by atoms with Gasteiger partial charge in [-0.05, 0) is 29.8 Å². The predicted molar refractivity (Wildman–Crippen MR) is 109 cm³/mol. The van der Waals surface area contributed by atoms with Gasteiger partial charge in [0.15, 0.2) is 0 Å². The summed E-state index contributed by atoms with van der Waals surface area (Å²) in [6.45, 7) is 3.29. The van der Waals surface area contributed by atoms with Crippen LogP contribution in [-0.4, -0.2) is 50.3 Å². The zero-order chi connectivity index (χ0) is 17.7. The monoisotopic (exact) mass is 412 g/mol. The summed E-state index contributed by atoms with van der Waals surface area (Å²) in [7, 11) is -3.44. The van der Waals surface area contributed by atoms with E-state index in [0.29, 0.717) is 23.0 Å². The molecule has 140 valence electrons. The van der Waals surface area contributed by atoms with Gasteiger partial charge in [0.2, 0.25) is 10.0 Å². The molecular formula is C19H22Cl2N2O2S. The topological polar surface area (TPSA) is 40.6 Å². The number of rotatable bonds is 5. The molecule has 0 atom stereocenters. The SMILES string of the molecule is Cl.O=S(=O)(c1ccc(Cl)cc1)N1CCN(C/C=C/c2ccccc2)CC1. The molecule has 0 bridgehead atoms. The minimum absolute atomic E-state index is 0. The molecule has 2 aromatic rings. The van der Waals surface area contributed by atoms with Crippen LogP contribution in [0.4, 0.5) is 0 Å². The fourth-order valence-electron chi connectivity index (χ4n) is 2.81. The molecule has 0 spiro atoms. The minimum atomic E-state index is -3.44. The quantitative estimate of drug-likeness (QED) is 0.749. The first-order valence-electron chi connectivity index (χ1n) is 8.25. The average molecular weight is 413 g/mol. The molecule has 0 radical (unpaired) electrons. The molecule has 1 aliphatic rings. The first-order chi connectivity index (χ1) is 12.1. The number of piperazine rings is 1. The minimum Gasteiger partial charge on any atom is -0.297 e. The fourth-order valence-corrected chi connectivity index (χ4v) is 4.36. The molecule has 26 heavy (non-hydrogen) atoms. The third kappa shape index (κ3) is 5.32. The van der Waals surface area contributed by atoms with E-state index >= 15 is 0 Å². The third-order valence-electron chi connectivity index (χ3n) is 4.26. The van der Waals surface area contributed by atoms with Gasteiger partial charge in [0.1, 0.15) is 0 Å². The summed E-state index contributed by atoms with van der Waals surface area (Å²) in [5.74, 6) is 0. The molecule has 1 heterocycles. The van der Waals surface area contributed by atoms with Crippen molar-refractivity contribution in [3.63, 3.8) is 0 Å². The molecule has 0 N–H and O–H groups in total. The second-order valence-electron chi connectivity index (χ2n) is 5.97. The maximum atomic E-state index is 12.7. The Balaban J connectivity index is 0.00000243. The number of hydrogen-bond donors (Lipinski definition) is 0. The standard InChI is InChI=1S/C19H21ClN2O2S.ClH/c20-18-8-10-19(11-9-18)25(23,24)22-15-13-21(14-16-22)12-4-7-17-5-2-1-3-6-17;/h1-11H,12-16H2;1H/b7-4+;. The first kappa shape index (κ1) is 20.9. The van der Waals surface area contributed by atoms with E-state index in [1.165, 1.54) is 5.56 Å². The molecule has 0 saturated carbocycles. The van der Waals surface area contributed by atoms with Crippen molar-refractivity contribution in [2.24, 2.45) is 0 Å². The van der Waals surface area contributed by atoms with Crippen molar-refractivity contribution in [2.75, 3.05) is 32.7 Å². The molecule has 3 rings (SSSR count). The van der Waals surface area contributed by atoms with E-state index in [1.807, 2.05) is 18.2 Å². The Morgan fingerprint density at radius 1 is 0.923 bits per heavy atom. The third-order valence-corrected chi connectivity index (χ3v) is 6.42. The molecule has 0 aliphatic carbocycles. The van der Waals surface area contributed by atoms with Crippen LogP contribution in [0.3, 0.4) is 0 Å². The molecule has 1 fully saturated rings. The van der Waals surface area contributed by atoms with E-state index in [-0.39, 0.29) is 12.4 Å². The summed E-state index contributed by atoms with van der Waals surface area (Å²) in [6.07, 6.45) is 4.22. The van der Waals surface area contributed by atoms with Gasteiger partial charge in [-0.15, -0.1) is 12.4 Å². The van der Waals surface area contributed by atoms with E-state index in [0.717, 1.165) is 19.6 Å². The zero-order valence-corrected chi connectivity index (χ0v) is 16.7. The maximum Gasteiger partial charge on any atom is 0.243 e. The number of nitrogens with zero attached hydrogens (tertiary/aromatic N) is 2. The van der Waals surface area contributed by atoms with Crippen molar-refractivity contribution in [3.8, 4) is 0 Å². The van der Waals surface area contributed by atoms with E-state index in [1.54, 1.807) is 28.6 Å². The Labute approximate surface area is 166 Å². The van der Waals surface area contributed by atoms with Gasteiger partial charge >= 0.3 is 0 Å². The summed E-state index contributed by atoms with van der Waals surface area (Å²) >= 11 is 5.84. The van der Waals surface area contributed by atoms with Crippen molar-refractivity contribution in [1.29, 1.82) is 0 Å².